The van der Waals surface area contributed by atoms with Crippen LogP contribution in [0, 0.1) is 13.8 Å². The first-order valence-electron chi connectivity index (χ1n) is 8.02. The molecule has 0 fully saturated rings. The fraction of sp³-hybridized carbons (Fsp3) is 0.200. The number of rotatable bonds is 5. The van der Waals surface area contributed by atoms with Crippen molar-refractivity contribution in [1.82, 2.24) is 4.98 Å². The van der Waals surface area contributed by atoms with Gasteiger partial charge in [0.25, 0.3) is 0 Å². The summed E-state index contributed by atoms with van der Waals surface area (Å²) >= 11 is 1.56. The minimum Gasteiger partial charge on any atom is -0.497 e. The van der Waals surface area contributed by atoms with Crippen molar-refractivity contribution in [2.24, 2.45) is 0 Å². The highest BCUT2D eigenvalue weighted by atomic mass is 32.1. The third kappa shape index (κ3) is 4.25. The van der Waals surface area contributed by atoms with Crippen LogP contribution < -0.4 is 10.1 Å². The van der Waals surface area contributed by atoms with Crippen molar-refractivity contribution >= 4 is 22.9 Å². The van der Waals surface area contributed by atoms with E-state index < -0.39 is 0 Å². The van der Waals surface area contributed by atoms with Gasteiger partial charge in [-0.1, -0.05) is 17.7 Å². The molecule has 25 heavy (non-hydrogen) atoms. The van der Waals surface area contributed by atoms with E-state index in [0.29, 0.717) is 0 Å². The average Bonchev–Trinajstić information content (AvgIpc) is 2.97. The molecule has 0 unspecified atom stereocenters. The Balaban J connectivity index is 1.71. The quantitative estimate of drug-likeness (QED) is 0.729. The summed E-state index contributed by atoms with van der Waals surface area (Å²) in [5.41, 5.74) is 3.92. The summed E-state index contributed by atoms with van der Waals surface area (Å²) in [5, 5.41) is 3.73. The van der Waals surface area contributed by atoms with Gasteiger partial charge < -0.3 is 10.1 Å². The summed E-state index contributed by atoms with van der Waals surface area (Å²) in [6.07, 6.45) is 0.273. The van der Waals surface area contributed by atoms with Gasteiger partial charge in [-0.05, 0) is 50.2 Å². The summed E-state index contributed by atoms with van der Waals surface area (Å²) in [6.45, 7) is 4.04. The molecule has 0 radical (unpaired) electrons. The standard InChI is InChI=1S/C20H20N2O2S/c1-13-4-8-16(9-5-13)21-18(23)12-19-22-20(14(2)25-19)15-6-10-17(24-3)11-7-15/h4-11H,12H2,1-3H3,(H,21,23). The molecule has 1 aromatic heterocycles. The van der Waals surface area contributed by atoms with Crippen molar-refractivity contribution in [3.05, 3.63) is 64.0 Å². The Hall–Kier alpha value is -2.66. The van der Waals surface area contributed by atoms with Crippen LogP contribution in [0.15, 0.2) is 48.5 Å². The molecule has 3 aromatic rings. The Labute approximate surface area is 151 Å². The Morgan fingerprint density at radius 1 is 1.08 bits per heavy atom. The summed E-state index contributed by atoms with van der Waals surface area (Å²) in [5.74, 6) is 0.758. The molecule has 2 aromatic carbocycles. The third-order valence-electron chi connectivity index (χ3n) is 3.85. The Morgan fingerprint density at radius 2 is 1.76 bits per heavy atom. The van der Waals surface area contributed by atoms with Gasteiger partial charge in [-0.2, -0.15) is 0 Å². The number of hydrogen-bond donors (Lipinski definition) is 1. The summed E-state index contributed by atoms with van der Waals surface area (Å²) < 4.78 is 5.19. The monoisotopic (exact) mass is 352 g/mol. The lowest BCUT2D eigenvalue weighted by Crippen LogP contribution is -2.14. The van der Waals surface area contributed by atoms with E-state index >= 15 is 0 Å². The maximum absolute atomic E-state index is 12.2. The van der Waals surface area contributed by atoms with Crippen LogP contribution in [-0.2, 0) is 11.2 Å². The average molecular weight is 352 g/mol. The zero-order chi connectivity index (χ0) is 17.8. The minimum atomic E-state index is -0.0566. The SMILES string of the molecule is COc1ccc(-c2nc(CC(=O)Nc3ccc(C)cc3)sc2C)cc1. The molecule has 0 atom stereocenters. The first kappa shape index (κ1) is 17.2. The number of carbonyl (C=O) groups excluding carboxylic acids is 1. The van der Waals surface area contributed by atoms with Gasteiger partial charge in [0.1, 0.15) is 10.8 Å². The van der Waals surface area contributed by atoms with Crippen LogP contribution in [0.4, 0.5) is 5.69 Å². The molecule has 1 amide bonds. The van der Waals surface area contributed by atoms with Crippen molar-refractivity contribution in [3.8, 4) is 17.0 Å². The highest BCUT2D eigenvalue weighted by Gasteiger charge is 2.13. The van der Waals surface area contributed by atoms with E-state index in [4.69, 9.17) is 4.74 Å². The fourth-order valence-corrected chi connectivity index (χ4v) is 3.48. The molecule has 0 saturated carbocycles. The van der Waals surface area contributed by atoms with E-state index in [1.807, 2.05) is 62.4 Å². The zero-order valence-corrected chi connectivity index (χ0v) is 15.3. The van der Waals surface area contributed by atoms with E-state index in [9.17, 15) is 4.79 Å². The molecule has 0 saturated heterocycles. The van der Waals surface area contributed by atoms with Gasteiger partial charge in [0, 0.05) is 16.1 Å². The van der Waals surface area contributed by atoms with E-state index in [2.05, 4.69) is 10.3 Å². The molecule has 0 aliphatic rings. The number of nitrogens with one attached hydrogen (secondary N) is 1. The number of ether oxygens (including phenoxy) is 1. The molecule has 4 nitrogen and oxygen atoms in total. The largest absolute Gasteiger partial charge is 0.497 e. The molecule has 128 valence electrons. The molecular weight excluding hydrogens is 332 g/mol. The smallest absolute Gasteiger partial charge is 0.231 e. The van der Waals surface area contributed by atoms with Gasteiger partial charge in [0.15, 0.2) is 0 Å². The zero-order valence-electron chi connectivity index (χ0n) is 14.5. The number of aromatic nitrogens is 1. The van der Waals surface area contributed by atoms with E-state index in [1.165, 1.54) is 0 Å². The summed E-state index contributed by atoms with van der Waals surface area (Å²) in [7, 11) is 1.65. The third-order valence-corrected chi connectivity index (χ3v) is 4.82. The van der Waals surface area contributed by atoms with Crippen molar-refractivity contribution in [1.29, 1.82) is 0 Å². The first-order chi connectivity index (χ1) is 12.0. The normalized spacial score (nSPS) is 10.5. The second-order valence-corrected chi connectivity index (χ2v) is 7.12. The minimum absolute atomic E-state index is 0.0566. The molecule has 3 rings (SSSR count). The predicted molar refractivity (Wildman–Crippen MR) is 102 cm³/mol. The van der Waals surface area contributed by atoms with Crippen LogP contribution in [0.5, 0.6) is 5.75 Å². The van der Waals surface area contributed by atoms with E-state index in [-0.39, 0.29) is 12.3 Å². The van der Waals surface area contributed by atoms with Crippen LogP contribution in [0.25, 0.3) is 11.3 Å². The molecule has 1 heterocycles. The van der Waals surface area contributed by atoms with Crippen LogP contribution in [0.2, 0.25) is 0 Å². The highest BCUT2D eigenvalue weighted by molar-refractivity contribution is 7.12. The van der Waals surface area contributed by atoms with Crippen molar-refractivity contribution in [3.63, 3.8) is 0 Å². The number of nitrogens with zero attached hydrogens (tertiary/aromatic N) is 1. The van der Waals surface area contributed by atoms with Gasteiger partial charge in [0.2, 0.25) is 5.91 Å². The second kappa shape index (κ2) is 7.49. The van der Waals surface area contributed by atoms with Gasteiger partial charge in [-0.3, -0.25) is 4.79 Å². The van der Waals surface area contributed by atoms with E-state index in [1.54, 1.807) is 18.4 Å². The van der Waals surface area contributed by atoms with E-state index in [0.717, 1.165) is 38.1 Å². The van der Waals surface area contributed by atoms with Crippen molar-refractivity contribution < 1.29 is 9.53 Å². The van der Waals surface area contributed by atoms with Gasteiger partial charge in [-0.25, -0.2) is 4.98 Å². The Bertz CT molecular complexity index is 868. The van der Waals surface area contributed by atoms with Crippen LogP contribution in [-0.4, -0.2) is 18.0 Å². The number of anilines is 1. The molecule has 0 aliphatic carbocycles. The maximum atomic E-state index is 12.2. The molecule has 5 heteroatoms. The van der Waals surface area contributed by atoms with Gasteiger partial charge in [-0.15, -0.1) is 11.3 Å². The Kier molecular flexibility index (Phi) is 5.14. The topological polar surface area (TPSA) is 51.2 Å². The van der Waals surface area contributed by atoms with Crippen LogP contribution >= 0.6 is 11.3 Å². The van der Waals surface area contributed by atoms with Crippen molar-refractivity contribution in [2.45, 2.75) is 20.3 Å². The Morgan fingerprint density at radius 3 is 2.40 bits per heavy atom. The number of methoxy groups -OCH3 is 1. The number of hydrogen-bond acceptors (Lipinski definition) is 4. The number of carbonyl (C=O) groups is 1. The molecule has 0 bridgehead atoms. The summed E-state index contributed by atoms with van der Waals surface area (Å²) in [4.78, 5) is 18.0. The molecule has 1 N–H and O–H groups in total. The number of amides is 1. The van der Waals surface area contributed by atoms with Crippen molar-refractivity contribution in [2.75, 3.05) is 12.4 Å². The van der Waals surface area contributed by atoms with Crippen LogP contribution in [0.1, 0.15) is 15.4 Å². The maximum Gasteiger partial charge on any atom is 0.231 e. The second-order valence-electron chi connectivity index (χ2n) is 5.83. The van der Waals surface area contributed by atoms with Crippen LogP contribution in [0.3, 0.4) is 0 Å². The molecule has 0 aliphatic heterocycles. The fourth-order valence-electron chi connectivity index (χ4n) is 2.52. The highest BCUT2D eigenvalue weighted by Crippen LogP contribution is 2.29. The van der Waals surface area contributed by atoms with Gasteiger partial charge in [0.05, 0.1) is 19.2 Å². The molecular formula is C20H20N2O2S. The predicted octanol–water partition coefficient (Wildman–Crippen LogP) is 4.62. The lowest BCUT2D eigenvalue weighted by Gasteiger charge is -2.04. The van der Waals surface area contributed by atoms with Gasteiger partial charge >= 0.3 is 0 Å². The lowest BCUT2D eigenvalue weighted by atomic mass is 10.1. The number of benzene rings is 2. The number of aryl methyl sites for hydroxylation is 2. The lowest BCUT2D eigenvalue weighted by molar-refractivity contribution is -0.115. The number of thiazole rings is 1. The summed E-state index contributed by atoms with van der Waals surface area (Å²) in [6, 6.07) is 15.6. The first-order valence-corrected chi connectivity index (χ1v) is 8.84. The molecule has 0 spiro atoms.